The summed E-state index contributed by atoms with van der Waals surface area (Å²) >= 11 is 0. The molecule has 0 aliphatic heterocycles. The molecule has 44 heavy (non-hydrogen) atoms. The van der Waals surface area contributed by atoms with Crippen molar-refractivity contribution >= 4 is 33.7 Å². The van der Waals surface area contributed by atoms with Crippen molar-refractivity contribution in [1.29, 1.82) is 0 Å². The zero-order chi connectivity index (χ0) is 31.1. The largest absolute Gasteiger partial charge is 0.452 e. The third kappa shape index (κ3) is 7.17. The molecule has 0 fully saturated rings. The van der Waals surface area contributed by atoms with Gasteiger partial charge in [-0.3, -0.25) is 4.79 Å². The van der Waals surface area contributed by atoms with E-state index in [9.17, 15) is 18.0 Å². The number of esters is 1. The topological polar surface area (TPSA) is 111 Å². The molecule has 0 saturated heterocycles. The minimum atomic E-state index is -3.67. The molecule has 10 heteroatoms. The predicted molar refractivity (Wildman–Crippen MR) is 170 cm³/mol. The first kappa shape index (κ1) is 30.1. The monoisotopic (exact) mass is 606 g/mol. The smallest absolute Gasteiger partial charge is 0.331 e. The molecule has 1 heterocycles. The first-order chi connectivity index (χ1) is 21.2. The average Bonchev–Trinajstić information content (AvgIpc) is 3.48. The Morgan fingerprint density at radius 2 is 1.48 bits per heavy atom. The van der Waals surface area contributed by atoms with E-state index in [1.54, 1.807) is 16.8 Å². The van der Waals surface area contributed by atoms with Crippen LogP contribution in [-0.2, 0) is 24.3 Å². The summed E-state index contributed by atoms with van der Waals surface area (Å²) in [4.78, 5) is 25.0. The second kappa shape index (κ2) is 13.3. The number of nitrogens with zero attached hydrogens (tertiary/aromatic N) is 3. The highest BCUT2D eigenvalue weighted by atomic mass is 32.2. The molecule has 5 rings (SSSR count). The predicted octanol–water partition coefficient (Wildman–Crippen LogP) is 5.65. The number of hydrogen-bond acceptors (Lipinski definition) is 6. The van der Waals surface area contributed by atoms with E-state index in [0.29, 0.717) is 11.3 Å². The van der Waals surface area contributed by atoms with Gasteiger partial charge in [0.1, 0.15) is 0 Å². The second-order valence-electron chi connectivity index (χ2n) is 9.96. The third-order valence-electron chi connectivity index (χ3n) is 6.67. The molecule has 1 amide bonds. The second-order valence-corrected chi connectivity index (χ2v) is 12.1. The fraction of sp³-hybridized carbons (Fsp3) is 0.0882. The lowest BCUT2D eigenvalue weighted by atomic mass is 10.0. The number of aromatic nitrogens is 2. The summed E-state index contributed by atoms with van der Waals surface area (Å²) in [5.41, 5.74) is 5.51. The summed E-state index contributed by atoms with van der Waals surface area (Å²) < 4.78 is 32.7. The SMILES string of the molecule is CN(C)S(=O)(=O)c1cccc(NC(=O)COC(=O)C=Cc2cn(-c3ccccc3)nc2-c2ccc(-c3ccccc3)cc2)c1. The van der Waals surface area contributed by atoms with Crippen molar-refractivity contribution in [1.82, 2.24) is 14.1 Å². The van der Waals surface area contributed by atoms with E-state index in [1.165, 1.54) is 38.4 Å². The van der Waals surface area contributed by atoms with E-state index in [1.807, 2.05) is 91.1 Å². The van der Waals surface area contributed by atoms with Crippen molar-refractivity contribution in [3.63, 3.8) is 0 Å². The van der Waals surface area contributed by atoms with Crippen LogP contribution in [0.3, 0.4) is 0 Å². The maximum absolute atomic E-state index is 12.6. The summed E-state index contributed by atoms with van der Waals surface area (Å²) in [6.45, 7) is -0.551. The molecule has 1 N–H and O–H groups in total. The number of nitrogens with one attached hydrogen (secondary N) is 1. The van der Waals surface area contributed by atoms with E-state index in [4.69, 9.17) is 9.84 Å². The Hall–Kier alpha value is -5.32. The van der Waals surface area contributed by atoms with Gasteiger partial charge in [-0.2, -0.15) is 5.10 Å². The zero-order valence-electron chi connectivity index (χ0n) is 24.1. The van der Waals surface area contributed by atoms with E-state index < -0.39 is 28.5 Å². The summed E-state index contributed by atoms with van der Waals surface area (Å²) in [6, 6.07) is 33.5. The lowest BCUT2D eigenvalue weighted by molar-refractivity contribution is -0.142. The van der Waals surface area contributed by atoms with E-state index in [-0.39, 0.29) is 10.6 Å². The van der Waals surface area contributed by atoms with E-state index in [0.717, 1.165) is 26.7 Å². The number of para-hydroxylation sites is 1. The highest BCUT2D eigenvalue weighted by Gasteiger charge is 2.18. The maximum Gasteiger partial charge on any atom is 0.331 e. The fourth-order valence-corrected chi connectivity index (χ4v) is 5.33. The quantitative estimate of drug-likeness (QED) is 0.163. The molecule has 0 radical (unpaired) electrons. The first-order valence-corrected chi connectivity index (χ1v) is 15.1. The molecule has 0 aliphatic carbocycles. The van der Waals surface area contributed by atoms with Crippen molar-refractivity contribution < 1.29 is 22.7 Å². The molecule has 5 aromatic rings. The van der Waals surface area contributed by atoms with Crippen LogP contribution in [0.25, 0.3) is 34.1 Å². The van der Waals surface area contributed by atoms with Gasteiger partial charge in [0.2, 0.25) is 10.0 Å². The third-order valence-corrected chi connectivity index (χ3v) is 8.48. The Morgan fingerprint density at radius 3 is 2.16 bits per heavy atom. The maximum atomic E-state index is 12.6. The van der Waals surface area contributed by atoms with Crippen molar-refractivity contribution in [3.05, 3.63) is 127 Å². The molecule has 9 nitrogen and oxygen atoms in total. The van der Waals surface area contributed by atoms with Crippen molar-refractivity contribution in [2.24, 2.45) is 0 Å². The van der Waals surface area contributed by atoms with Gasteiger partial charge in [0.15, 0.2) is 6.61 Å². The number of anilines is 1. The van der Waals surface area contributed by atoms with Crippen molar-refractivity contribution in [2.45, 2.75) is 4.90 Å². The Kier molecular flexibility index (Phi) is 9.13. The average molecular weight is 607 g/mol. The van der Waals surface area contributed by atoms with Crippen molar-refractivity contribution in [3.8, 4) is 28.1 Å². The van der Waals surface area contributed by atoms with Gasteiger partial charge in [-0.05, 0) is 47.5 Å². The first-order valence-electron chi connectivity index (χ1n) is 13.7. The van der Waals surface area contributed by atoms with E-state index in [2.05, 4.69) is 5.32 Å². The molecular weight excluding hydrogens is 576 g/mol. The molecular formula is C34H30N4O5S. The molecule has 0 spiro atoms. The molecule has 0 bridgehead atoms. The molecule has 0 atom stereocenters. The number of sulfonamides is 1. The van der Waals surface area contributed by atoms with Crippen LogP contribution in [0.4, 0.5) is 5.69 Å². The number of benzene rings is 4. The summed E-state index contributed by atoms with van der Waals surface area (Å²) in [5, 5.41) is 7.34. The fourth-order valence-electron chi connectivity index (χ4n) is 4.38. The Bertz CT molecular complexity index is 1900. The number of amides is 1. The number of ether oxygens (including phenoxy) is 1. The van der Waals surface area contributed by atoms with Gasteiger partial charge in [-0.25, -0.2) is 22.2 Å². The summed E-state index contributed by atoms with van der Waals surface area (Å²) in [6.07, 6.45) is 4.66. The van der Waals surface area contributed by atoms with Gasteiger partial charge in [0.05, 0.1) is 16.3 Å². The molecule has 222 valence electrons. The Morgan fingerprint density at radius 1 is 0.841 bits per heavy atom. The van der Waals surface area contributed by atoms with Gasteiger partial charge < -0.3 is 10.1 Å². The molecule has 0 aliphatic rings. The lowest BCUT2D eigenvalue weighted by Gasteiger charge is -2.12. The molecule has 1 aromatic heterocycles. The van der Waals surface area contributed by atoms with Crippen LogP contribution in [0.15, 0.2) is 126 Å². The number of hydrogen-bond donors (Lipinski definition) is 1. The minimum absolute atomic E-state index is 0.0294. The lowest BCUT2D eigenvalue weighted by Crippen LogP contribution is -2.23. The van der Waals surface area contributed by atoms with Gasteiger partial charge in [-0.15, -0.1) is 0 Å². The standard InChI is InChI=1S/C34H30N4O5S/c1-37(2)44(41,42)31-15-9-12-29(22-31)35-32(39)24-43-33(40)21-20-28-23-38(30-13-7-4-8-14-30)36-34(28)27-18-16-26(17-19-27)25-10-5-3-6-11-25/h3-23H,24H2,1-2H3,(H,35,39). The van der Waals surface area contributed by atoms with Crippen LogP contribution < -0.4 is 5.32 Å². The highest BCUT2D eigenvalue weighted by molar-refractivity contribution is 7.89. The number of rotatable bonds is 10. The normalized spacial score (nSPS) is 11.5. The molecule has 0 saturated carbocycles. The number of carbonyl (C=O) groups excluding carboxylic acids is 2. The molecule has 0 unspecified atom stereocenters. The Labute approximate surface area is 256 Å². The highest BCUT2D eigenvalue weighted by Crippen LogP contribution is 2.28. The van der Waals surface area contributed by atoms with Crippen LogP contribution in [0.2, 0.25) is 0 Å². The molecule has 4 aromatic carbocycles. The summed E-state index contributed by atoms with van der Waals surface area (Å²) in [5.74, 6) is -1.33. The Balaban J connectivity index is 1.29. The van der Waals surface area contributed by atoms with Crippen LogP contribution in [0.5, 0.6) is 0 Å². The van der Waals surface area contributed by atoms with Crippen LogP contribution in [0.1, 0.15) is 5.56 Å². The van der Waals surface area contributed by atoms with Crippen LogP contribution >= 0.6 is 0 Å². The van der Waals surface area contributed by atoms with Crippen molar-refractivity contribution in [2.75, 3.05) is 26.0 Å². The number of carbonyl (C=O) groups is 2. The summed E-state index contributed by atoms with van der Waals surface area (Å²) in [7, 11) is -0.826. The van der Waals surface area contributed by atoms with Gasteiger partial charge in [-0.1, -0.05) is 78.9 Å². The minimum Gasteiger partial charge on any atom is -0.452 e. The van der Waals surface area contributed by atoms with Gasteiger partial charge in [0.25, 0.3) is 5.91 Å². The zero-order valence-corrected chi connectivity index (χ0v) is 24.9. The van der Waals surface area contributed by atoms with Gasteiger partial charge >= 0.3 is 5.97 Å². The van der Waals surface area contributed by atoms with Crippen LogP contribution in [0, 0.1) is 0 Å². The van der Waals surface area contributed by atoms with E-state index >= 15 is 0 Å². The van der Waals surface area contributed by atoms with Crippen LogP contribution in [-0.4, -0.2) is 55.1 Å². The van der Waals surface area contributed by atoms with Gasteiger partial charge in [0, 0.05) is 43.2 Å².